The van der Waals surface area contributed by atoms with Crippen LogP contribution >= 0.6 is 0 Å². The maximum Gasteiger partial charge on any atom is 0.508 e. The molecular weight excluding hydrogens is 556 g/mol. The zero-order chi connectivity index (χ0) is 29.7. The fraction of sp³-hybridized carbons (Fsp3) is 0.333. The topological polar surface area (TPSA) is 202 Å². The van der Waals surface area contributed by atoms with Crippen molar-refractivity contribution in [3.63, 3.8) is 0 Å². The number of ether oxygens (including phenoxy) is 3. The number of hydrogen-bond donors (Lipinski definition) is 4. The number of benzene rings is 2. The Labute approximate surface area is 229 Å². The lowest BCUT2D eigenvalue weighted by Gasteiger charge is -2.19. The first-order valence-corrected chi connectivity index (χ1v) is 13.4. The number of rotatable bonds is 15. The number of nitrogens with zero attached hydrogens (tertiary/aromatic N) is 2. The molecule has 16 heteroatoms. The maximum absolute atomic E-state index is 12.8. The Morgan fingerprint density at radius 3 is 2.10 bits per heavy atom. The second-order valence-electron chi connectivity index (χ2n) is 8.07. The molecule has 1 unspecified atom stereocenters. The average molecular weight is 587 g/mol. The summed E-state index contributed by atoms with van der Waals surface area (Å²) in [7, 11) is -2.29. The molecule has 0 fully saturated rings. The van der Waals surface area contributed by atoms with Crippen LogP contribution in [0.15, 0.2) is 59.5 Å². The van der Waals surface area contributed by atoms with Gasteiger partial charge in [-0.1, -0.05) is 42.5 Å². The molecule has 2 aromatic carbocycles. The van der Waals surface area contributed by atoms with E-state index in [9.17, 15) is 18.0 Å². The number of sulfone groups is 1. The van der Waals surface area contributed by atoms with Crippen molar-refractivity contribution in [1.82, 2.24) is 10.8 Å². The van der Waals surface area contributed by atoms with Gasteiger partial charge < -0.3 is 14.2 Å². The molecule has 15 nitrogen and oxygen atoms in total. The van der Waals surface area contributed by atoms with Gasteiger partial charge in [0.2, 0.25) is 0 Å². The lowest BCUT2D eigenvalue weighted by molar-refractivity contribution is -0.527. The van der Waals surface area contributed by atoms with Gasteiger partial charge in [-0.25, -0.2) is 27.7 Å². The summed E-state index contributed by atoms with van der Waals surface area (Å²) in [5.74, 6) is -0.718. The summed E-state index contributed by atoms with van der Waals surface area (Å²) in [6.07, 6.45) is -0.966. The van der Waals surface area contributed by atoms with Crippen molar-refractivity contribution >= 4 is 33.1 Å². The Morgan fingerprint density at radius 2 is 1.55 bits per heavy atom. The summed E-state index contributed by atoms with van der Waals surface area (Å²) in [5.41, 5.74) is 1.17. The zero-order valence-electron chi connectivity index (χ0n) is 21.6. The lowest BCUT2D eigenvalue weighted by Crippen LogP contribution is -2.31. The predicted molar refractivity (Wildman–Crippen MR) is 133 cm³/mol. The van der Waals surface area contributed by atoms with Gasteiger partial charge in [-0.05, 0) is 36.1 Å². The summed E-state index contributed by atoms with van der Waals surface area (Å²) < 4.78 is 39.0. The van der Waals surface area contributed by atoms with E-state index in [2.05, 4.69) is 9.68 Å². The van der Waals surface area contributed by atoms with Gasteiger partial charge in [0, 0.05) is 11.8 Å². The van der Waals surface area contributed by atoms with Gasteiger partial charge >= 0.3 is 12.1 Å². The summed E-state index contributed by atoms with van der Waals surface area (Å²) in [6, 6.07) is 14.1. The summed E-state index contributed by atoms with van der Waals surface area (Å²) >= 11 is 0. The maximum atomic E-state index is 12.8. The molecule has 40 heavy (non-hydrogen) atoms. The molecule has 0 radical (unpaired) electrons. The van der Waals surface area contributed by atoms with Crippen molar-refractivity contribution in [2.75, 3.05) is 33.2 Å². The molecule has 2 rings (SSSR count). The van der Waals surface area contributed by atoms with E-state index in [4.69, 9.17) is 35.0 Å². The van der Waals surface area contributed by atoms with E-state index in [1.165, 1.54) is 31.4 Å². The van der Waals surface area contributed by atoms with Crippen molar-refractivity contribution in [2.24, 2.45) is 0 Å². The highest BCUT2D eigenvalue weighted by Gasteiger charge is 2.22. The Bertz CT molecular complexity index is 1230. The zero-order valence-corrected chi connectivity index (χ0v) is 22.4. The minimum Gasteiger partial charge on any atom is -0.465 e. The van der Waals surface area contributed by atoms with Crippen molar-refractivity contribution in [1.29, 1.82) is 0 Å². The van der Waals surface area contributed by atoms with E-state index < -0.39 is 52.1 Å². The molecule has 0 aliphatic carbocycles. The summed E-state index contributed by atoms with van der Waals surface area (Å²) in [6.45, 7) is -1.14. The quantitative estimate of drug-likeness (QED) is 0.0778. The molecule has 0 spiro atoms. The minimum atomic E-state index is -3.49. The summed E-state index contributed by atoms with van der Waals surface area (Å²) in [4.78, 5) is 34.1. The smallest absolute Gasteiger partial charge is 0.465 e. The highest BCUT2D eigenvalue weighted by molar-refractivity contribution is 7.90. The van der Waals surface area contributed by atoms with Crippen LogP contribution < -0.4 is 0 Å². The Morgan fingerprint density at radius 1 is 0.900 bits per heavy atom. The molecule has 0 bridgehead atoms. The molecule has 0 saturated heterocycles. The van der Waals surface area contributed by atoms with E-state index in [-0.39, 0.29) is 35.5 Å². The van der Waals surface area contributed by atoms with Crippen LogP contribution in [0, 0.1) is 0 Å². The van der Waals surface area contributed by atoms with Crippen LogP contribution in [0.1, 0.15) is 24.0 Å². The predicted octanol–water partition coefficient (Wildman–Crippen LogP) is 2.50. The van der Waals surface area contributed by atoms with Crippen LogP contribution in [0.5, 0.6) is 0 Å². The Balaban J connectivity index is 2.18. The Hall–Kier alpha value is -3.45. The first-order valence-electron chi connectivity index (χ1n) is 11.5. The molecule has 0 heterocycles. The molecule has 0 saturated carbocycles. The molecule has 0 aliphatic heterocycles. The Kier molecular flexibility index (Phi) is 13.1. The van der Waals surface area contributed by atoms with Crippen LogP contribution in [0.4, 0.5) is 4.79 Å². The molecule has 0 aliphatic rings. The normalized spacial score (nSPS) is 13.1. The summed E-state index contributed by atoms with van der Waals surface area (Å²) in [5, 5.41) is 33.6. The van der Waals surface area contributed by atoms with Crippen molar-refractivity contribution in [2.45, 2.75) is 23.8 Å². The van der Waals surface area contributed by atoms with E-state index in [1.54, 1.807) is 30.3 Å². The molecule has 0 amide bonds. The van der Waals surface area contributed by atoms with E-state index in [0.29, 0.717) is 11.1 Å². The molecule has 1 atom stereocenters. The first-order chi connectivity index (χ1) is 18.9. The van der Waals surface area contributed by atoms with Crippen molar-refractivity contribution in [3.8, 4) is 0 Å². The third kappa shape index (κ3) is 11.0. The number of carbonyl (C=O) groups excluding carboxylic acids is 2. The highest BCUT2D eigenvalue weighted by Crippen LogP contribution is 2.29. The van der Waals surface area contributed by atoms with E-state index in [0.717, 1.165) is 6.26 Å². The molecule has 220 valence electrons. The fourth-order valence-corrected chi connectivity index (χ4v) is 4.04. The van der Waals surface area contributed by atoms with Crippen LogP contribution in [0.2, 0.25) is 0 Å². The van der Waals surface area contributed by atoms with Gasteiger partial charge in [-0.15, -0.1) is 0 Å². The van der Waals surface area contributed by atoms with Crippen LogP contribution in [-0.2, 0) is 38.5 Å². The van der Waals surface area contributed by atoms with Crippen molar-refractivity contribution < 1.29 is 62.7 Å². The molecule has 4 N–H and O–H groups in total. The second-order valence-corrected chi connectivity index (χ2v) is 10.1. The number of carbonyl (C=O) groups is 2. The van der Waals surface area contributed by atoms with Crippen LogP contribution in [-0.4, -0.2) is 91.4 Å². The van der Waals surface area contributed by atoms with Gasteiger partial charge in [0.1, 0.15) is 19.3 Å². The standard InChI is InChI=1S/C24H30N2O13S/c1-35-23(27)22(18-7-4-3-5-8-18)21(17-10-12-20(13-11-17)40(2,33)34)16-37-24(28)36-14-6-9-19(39-26(31)32)15-38-25(29)30/h3-5,7-8,10-13,19,29-32H,6,9,14-16H2,1-2H3/b22-21+. The minimum absolute atomic E-state index is 0.0249. The van der Waals surface area contributed by atoms with E-state index in [1.807, 2.05) is 0 Å². The third-order valence-corrected chi connectivity index (χ3v) is 6.36. The SMILES string of the molecule is COC(=O)/C(=C(\COC(=O)OCCCC(CON(O)O)ON(O)O)c1ccc(S(C)(=O)=O)cc1)c1ccccc1. The van der Waals surface area contributed by atoms with Gasteiger partial charge in [-0.3, -0.25) is 20.8 Å². The van der Waals surface area contributed by atoms with E-state index >= 15 is 0 Å². The van der Waals surface area contributed by atoms with Gasteiger partial charge in [0.25, 0.3) is 0 Å². The van der Waals surface area contributed by atoms with Crippen molar-refractivity contribution in [3.05, 3.63) is 65.7 Å². The number of methoxy groups -OCH3 is 1. The molecule has 2 aromatic rings. The first kappa shape index (κ1) is 32.8. The lowest BCUT2D eigenvalue weighted by atomic mass is 9.95. The molecule has 0 aromatic heterocycles. The fourth-order valence-electron chi connectivity index (χ4n) is 3.41. The van der Waals surface area contributed by atoms with Gasteiger partial charge in [0.05, 0.1) is 35.0 Å². The largest absolute Gasteiger partial charge is 0.508 e. The monoisotopic (exact) mass is 586 g/mol. The van der Waals surface area contributed by atoms with Crippen LogP contribution in [0.3, 0.4) is 0 Å². The van der Waals surface area contributed by atoms with Crippen LogP contribution in [0.25, 0.3) is 11.1 Å². The van der Waals surface area contributed by atoms with Gasteiger partial charge in [-0.2, -0.15) is 0 Å². The number of esters is 1. The second kappa shape index (κ2) is 16.0. The highest BCUT2D eigenvalue weighted by atomic mass is 32.2. The van der Waals surface area contributed by atoms with Gasteiger partial charge in [0.15, 0.2) is 9.84 Å². The molecular formula is C24H30N2O13S. The average Bonchev–Trinajstić information content (AvgIpc) is 2.91. The third-order valence-electron chi connectivity index (χ3n) is 5.23. The number of hydrogen-bond acceptors (Lipinski definition) is 15.